The van der Waals surface area contributed by atoms with Gasteiger partial charge in [0.2, 0.25) is 0 Å². The minimum absolute atomic E-state index is 0. The molecule has 2 aromatic rings. The van der Waals surface area contributed by atoms with E-state index < -0.39 is 0 Å². The van der Waals surface area contributed by atoms with Gasteiger partial charge in [0.1, 0.15) is 0 Å². The van der Waals surface area contributed by atoms with Gasteiger partial charge in [-0.3, -0.25) is 0 Å². The number of nitrogens with zero attached hydrogens (tertiary/aromatic N) is 2. The Morgan fingerprint density at radius 1 is 1.32 bits per heavy atom. The highest BCUT2D eigenvalue weighted by Crippen LogP contribution is 2.34. The number of rotatable bonds is 3. The van der Waals surface area contributed by atoms with Crippen LogP contribution in [0, 0.1) is 0 Å². The second kappa shape index (κ2) is 5.86. The molecule has 4 nitrogen and oxygen atoms in total. The normalized spacial score (nSPS) is 17.7. The number of hydrogen-bond donors (Lipinski definition) is 1. The monoisotopic (exact) mass is 297 g/mol. The molecule has 0 aliphatic heterocycles. The Kier molecular flexibility index (Phi) is 4.39. The van der Waals surface area contributed by atoms with Crippen LogP contribution >= 0.6 is 23.7 Å². The molecule has 6 heteroatoms. The standard InChI is InChI=1S/C13H15N3OS.ClH/c14-13(6-1-2-7-13)12-15-11(17-16-12)4-3-10-5-8-18-9-10;/h3-5,8-9H,1-2,6-7,14H2;1H/b4-3+;. The molecule has 1 saturated carbocycles. The molecule has 2 N–H and O–H groups in total. The van der Waals surface area contributed by atoms with Crippen LogP contribution in [0.5, 0.6) is 0 Å². The van der Waals surface area contributed by atoms with Crippen molar-refractivity contribution in [3.63, 3.8) is 0 Å². The van der Waals surface area contributed by atoms with Crippen molar-refractivity contribution >= 4 is 35.9 Å². The molecule has 0 amide bonds. The van der Waals surface area contributed by atoms with Gasteiger partial charge in [-0.15, -0.1) is 12.4 Å². The van der Waals surface area contributed by atoms with E-state index in [9.17, 15) is 0 Å². The average molecular weight is 298 g/mol. The molecule has 2 heterocycles. The summed E-state index contributed by atoms with van der Waals surface area (Å²) in [5, 5.41) is 8.11. The lowest BCUT2D eigenvalue weighted by atomic mass is 9.99. The molecule has 2 aromatic heterocycles. The van der Waals surface area contributed by atoms with Gasteiger partial charge in [0.25, 0.3) is 5.89 Å². The van der Waals surface area contributed by atoms with Gasteiger partial charge in [0, 0.05) is 6.08 Å². The van der Waals surface area contributed by atoms with Crippen LogP contribution in [-0.4, -0.2) is 10.1 Å². The van der Waals surface area contributed by atoms with Gasteiger partial charge >= 0.3 is 0 Å². The van der Waals surface area contributed by atoms with E-state index >= 15 is 0 Å². The largest absolute Gasteiger partial charge is 0.335 e. The highest BCUT2D eigenvalue weighted by Gasteiger charge is 2.35. The van der Waals surface area contributed by atoms with E-state index in [4.69, 9.17) is 10.3 Å². The molecule has 0 spiro atoms. The van der Waals surface area contributed by atoms with E-state index in [0.29, 0.717) is 11.7 Å². The molecule has 0 radical (unpaired) electrons. The predicted octanol–water partition coefficient (Wildman–Crippen LogP) is 3.45. The van der Waals surface area contributed by atoms with Crippen molar-refractivity contribution < 1.29 is 4.52 Å². The molecule has 0 aromatic carbocycles. The molecule has 0 atom stereocenters. The smallest absolute Gasteiger partial charge is 0.250 e. The van der Waals surface area contributed by atoms with E-state index in [-0.39, 0.29) is 17.9 Å². The van der Waals surface area contributed by atoms with Crippen molar-refractivity contribution in [3.8, 4) is 0 Å². The van der Waals surface area contributed by atoms with Crippen LogP contribution in [0.2, 0.25) is 0 Å². The maximum atomic E-state index is 6.28. The van der Waals surface area contributed by atoms with Crippen LogP contribution in [0.3, 0.4) is 0 Å². The molecule has 19 heavy (non-hydrogen) atoms. The number of aromatic nitrogens is 2. The quantitative estimate of drug-likeness (QED) is 0.942. The first-order chi connectivity index (χ1) is 8.76. The fraction of sp³-hybridized carbons (Fsp3) is 0.385. The lowest BCUT2D eigenvalue weighted by Crippen LogP contribution is -2.34. The molecule has 0 unspecified atom stereocenters. The molecular formula is C13H16ClN3OS. The number of nitrogens with two attached hydrogens (primary N) is 1. The summed E-state index contributed by atoms with van der Waals surface area (Å²) in [4.78, 5) is 4.38. The molecule has 1 aliphatic rings. The van der Waals surface area contributed by atoms with Crippen LogP contribution < -0.4 is 5.73 Å². The van der Waals surface area contributed by atoms with Crippen LogP contribution in [0.1, 0.15) is 43.0 Å². The zero-order valence-corrected chi connectivity index (χ0v) is 12.0. The summed E-state index contributed by atoms with van der Waals surface area (Å²) in [5.41, 5.74) is 7.04. The fourth-order valence-corrected chi connectivity index (χ4v) is 2.90. The van der Waals surface area contributed by atoms with E-state index in [1.165, 1.54) is 0 Å². The van der Waals surface area contributed by atoms with Crippen LogP contribution in [0.4, 0.5) is 0 Å². The second-order valence-corrected chi connectivity index (χ2v) is 5.49. The first kappa shape index (κ1) is 14.2. The van der Waals surface area contributed by atoms with Gasteiger partial charge in [0.15, 0.2) is 5.82 Å². The maximum Gasteiger partial charge on any atom is 0.250 e. The lowest BCUT2D eigenvalue weighted by molar-refractivity contribution is 0.364. The minimum Gasteiger partial charge on any atom is -0.335 e. The molecule has 3 rings (SSSR count). The van der Waals surface area contributed by atoms with Gasteiger partial charge in [-0.1, -0.05) is 18.0 Å². The topological polar surface area (TPSA) is 64.9 Å². The molecule has 0 bridgehead atoms. The highest BCUT2D eigenvalue weighted by molar-refractivity contribution is 7.08. The molecule has 1 aliphatic carbocycles. The Bertz CT molecular complexity index is 544. The first-order valence-corrected chi connectivity index (χ1v) is 7.04. The number of thiophene rings is 1. The van der Waals surface area contributed by atoms with Crippen LogP contribution in [-0.2, 0) is 5.54 Å². The number of hydrogen-bond acceptors (Lipinski definition) is 5. The van der Waals surface area contributed by atoms with Gasteiger partial charge in [-0.05, 0) is 41.3 Å². The van der Waals surface area contributed by atoms with E-state index in [0.717, 1.165) is 31.2 Å². The maximum absolute atomic E-state index is 6.28. The summed E-state index contributed by atoms with van der Waals surface area (Å²) in [5.74, 6) is 1.16. The van der Waals surface area contributed by atoms with Crippen molar-refractivity contribution in [1.29, 1.82) is 0 Å². The van der Waals surface area contributed by atoms with Crippen molar-refractivity contribution in [1.82, 2.24) is 10.1 Å². The Morgan fingerprint density at radius 2 is 2.11 bits per heavy atom. The fourth-order valence-electron chi connectivity index (χ4n) is 2.27. The second-order valence-electron chi connectivity index (χ2n) is 4.71. The van der Waals surface area contributed by atoms with Crippen LogP contribution in [0.25, 0.3) is 12.2 Å². The molecular weight excluding hydrogens is 282 g/mol. The van der Waals surface area contributed by atoms with Crippen molar-refractivity contribution in [2.45, 2.75) is 31.2 Å². The van der Waals surface area contributed by atoms with E-state index in [2.05, 4.69) is 15.5 Å². The lowest BCUT2D eigenvalue weighted by Gasteiger charge is -2.17. The summed E-state index contributed by atoms with van der Waals surface area (Å²) in [7, 11) is 0. The molecule has 0 saturated heterocycles. The SMILES string of the molecule is Cl.NC1(c2noc(/C=C/c3ccsc3)n2)CCCC1. The Hall–Kier alpha value is -1.17. The third kappa shape index (κ3) is 3.05. The van der Waals surface area contributed by atoms with Gasteiger partial charge in [0.05, 0.1) is 5.54 Å². The Balaban J connectivity index is 0.00000133. The average Bonchev–Trinajstić information content (AvgIpc) is 3.08. The summed E-state index contributed by atoms with van der Waals surface area (Å²) in [6.07, 6.45) is 7.97. The zero-order valence-electron chi connectivity index (χ0n) is 10.4. The van der Waals surface area contributed by atoms with Crippen LogP contribution in [0.15, 0.2) is 21.3 Å². The number of halogens is 1. The third-order valence-corrected chi connectivity index (χ3v) is 4.05. The van der Waals surface area contributed by atoms with Crippen molar-refractivity contribution in [2.75, 3.05) is 0 Å². The molecule has 1 fully saturated rings. The zero-order chi connectivity index (χ0) is 12.4. The summed E-state index contributed by atoms with van der Waals surface area (Å²) in [6.45, 7) is 0. The van der Waals surface area contributed by atoms with Gasteiger partial charge in [-0.2, -0.15) is 16.3 Å². The van der Waals surface area contributed by atoms with E-state index in [1.807, 2.05) is 23.6 Å². The summed E-state index contributed by atoms with van der Waals surface area (Å²) >= 11 is 1.66. The van der Waals surface area contributed by atoms with Crippen molar-refractivity contribution in [2.24, 2.45) is 5.73 Å². The Labute approximate surface area is 122 Å². The van der Waals surface area contributed by atoms with Gasteiger partial charge < -0.3 is 10.3 Å². The van der Waals surface area contributed by atoms with Crippen molar-refractivity contribution in [3.05, 3.63) is 34.1 Å². The van der Waals surface area contributed by atoms with E-state index in [1.54, 1.807) is 11.3 Å². The Morgan fingerprint density at radius 3 is 2.79 bits per heavy atom. The molecule has 102 valence electrons. The van der Waals surface area contributed by atoms with Gasteiger partial charge in [-0.25, -0.2) is 0 Å². The predicted molar refractivity (Wildman–Crippen MR) is 79.1 cm³/mol. The minimum atomic E-state index is -0.377. The first-order valence-electron chi connectivity index (χ1n) is 6.10. The highest BCUT2D eigenvalue weighted by atomic mass is 35.5. The summed E-state index contributed by atoms with van der Waals surface area (Å²) in [6, 6.07) is 2.04. The summed E-state index contributed by atoms with van der Waals surface area (Å²) < 4.78 is 5.22. The third-order valence-electron chi connectivity index (χ3n) is 3.34.